The highest BCUT2D eigenvalue weighted by molar-refractivity contribution is 7.98. The Kier molecular flexibility index (Phi) is 5.71. The molecule has 3 aromatic rings. The molecule has 2 heterocycles. The zero-order valence-electron chi connectivity index (χ0n) is 14.9. The maximum Gasteiger partial charge on any atom is 0.348 e. The van der Waals surface area contributed by atoms with Crippen LogP contribution in [0.2, 0.25) is 0 Å². The molecule has 1 aromatic carbocycles. The van der Waals surface area contributed by atoms with Gasteiger partial charge in [0, 0.05) is 41.1 Å². The van der Waals surface area contributed by atoms with Crippen LogP contribution in [-0.2, 0) is 25.1 Å². The lowest BCUT2D eigenvalue weighted by molar-refractivity contribution is 0.277. The monoisotopic (exact) mass is 399 g/mol. The minimum absolute atomic E-state index is 0.0886. The van der Waals surface area contributed by atoms with Crippen LogP contribution in [0, 0.1) is 0 Å². The summed E-state index contributed by atoms with van der Waals surface area (Å²) in [4.78, 5) is 21.5. The first kappa shape index (κ1) is 18.4. The molecule has 0 amide bonds. The number of aliphatic hydroxyl groups excluding tert-OH is 1. The number of thioether (sulfide) groups is 1. The Morgan fingerprint density at radius 3 is 2.85 bits per heavy atom. The molecule has 140 valence electrons. The van der Waals surface area contributed by atoms with Gasteiger partial charge in [-0.05, 0) is 25.7 Å². The number of nitrogens with zero attached hydrogens (tertiary/aromatic N) is 3. The zero-order valence-corrected chi connectivity index (χ0v) is 16.6. The molecule has 0 saturated carbocycles. The van der Waals surface area contributed by atoms with Crippen molar-refractivity contribution < 1.29 is 5.11 Å². The summed E-state index contributed by atoms with van der Waals surface area (Å²) in [6, 6.07) is 10.2. The largest absolute Gasteiger partial charge is 0.396 e. The van der Waals surface area contributed by atoms with Crippen LogP contribution in [0.25, 0.3) is 10.6 Å². The third-order valence-corrected chi connectivity index (χ3v) is 6.66. The number of fused-ring (bicyclic) bond motifs is 1. The van der Waals surface area contributed by atoms with E-state index in [0.717, 1.165) is 46.2 Å². The summed E-state index contributed by atoms with van der Waals surface area (Å²) in [5, 5.41) is 13.0. The van der Waals surface area contributed by atoms with Crippen molar-refractivity contribution in [1.29, 1.82) is 0 Å². The Balaban J connectivity index is 1.52. The molecule has 0 fully saturated rings. The van der Waals surface area contributed by atoms with E-state index in [4.69, 9.17) is 10.1 Å². The molecule has 0 unspecified atom stereocenters. The molecule has 4 rings (SSSR count). The molecular formula is C20H21N3O2S2. The van der Waals surface area contributed by atoms with Gasteiger partial charge < -0.3 is 5.11 Å². The van der Waals surface area contributed by atoms with Crippen molar-refractivity contribution in [2.45, 2.75) is 43.0 Å². The van der Waals surface area contributed by atoms with E-state index in [9.17, 15) is 4.79 Å². The van der Waals surface area contributed by atoms with E-state index in [1.807, 2.05) is 18.2 Å². The Hall–Kier alpha value is -1.96. The van der Waals surface area contributed by atoms with Crippen LogP contribution in [0.5, 0.6) is 0 Å². The summed E-state index contributed by atoms with van der Waals surface area (Å²) in [6.45, 7) is 0.632. The van der Waals surface area contributed by atoms with Crippen LogP contribution < -0.4 is 5.69 Å². The quantitative estimate of drug-likeness (QED) is 0.486. The maximum absolute atomic E-state index is 12.4. The van der Waals surface area contributed by atoms with Gasteiger partial charge in [-0.25, -0.2) is 9.78 Å². The molecule has 1 N–H and O–H groups in total. The van der Waals surface area contributed by atoms with Crippen molar-refractivity contribution in [3.8, 4) is 10.6 Å². The van der Waals surface area contributed by atoms with Crippen molar-refractivity contribution in [3.63, 3.8) is 0 Å². The molecule has 0 atom stereocenters. The molecule has 0 aliphatic heterocycles. The Bertz CT molecular complexity index is 983. The summed E-state index contributed by atoms with van der Waals surface area (Å²) < 4.78 is 1.75. The average Bonchev–Trinajstić information content (AvgIpc) is 3.36. The highest BCUT2D eigenvalue weighted by Gasteiger charge is 2.22. The van der Waals surface area contributed by atoms with E-state index in [-0.39, 0.29) is 12.3 Å². The normalized spacial score (nSPS) is 13.1. The number of aromatic nitrogens is 3. The summed E-state index contributed by atoms with van der Waals surface area (Å²) in [6.07, 6.45) is 3.53. The van der Waals surface area contributed by atoms with Gasteiger partial charge in [-0.15, -0.1) is 11.3 Å². The Morgan fingerprint density at radius 2 is 2.04 bits per heavy atom. The van der Waals surface area contributed by atoms with Gasteiger partial charge >= 0.3 is 5.69 Å². The standard InChI is InChI=1S/C20H21N3O2S2/c24-11-5-10-23-17-9-4-8-16(17)19(22-20(23)25)27-13-15-12-26-18(21-15)14-6-2-1-3-7-14/h1-3,6-7,12,24H,4-5,8-11,13H2. The van der Waals surface area contributed by atoms with Crippen LogP contribution in [0.3, 0.4) is 0 Å². The zero-order chi connectivity index (χ0) is 18.6. The molecule has 1 aliphatic carbocycles. The topological polar surface area (TPSA) is 68.0 Å². The number of hydrogen-bond acceptors (Lipinski definition) is 6. The second-order valence-electron chi connectivity index (χ2n) is 6.51. The summed E-state index contributed by atoms with van der Waals surface area (Å²) in [5.41, 5.74) is 4.26. The fourth-order valence-corrected chi connectivity index (χ4v) is 5.29. The number of thiazole rings is 1. The SMILES string of the molecule is O=c1nc(SCc2csc(-c3ccccc3)n2)c2c(n1CCCO)CCC2. The number of aliphatic hydroxyl groups is 1. The van der Waals surface area contributed by atoms with Crippen molar-refractivity contribution >= 4 is 23.1 Å². The van der Waals surface area contributed by atoms with Crippen molar-refractivity contribution in [1.82, 2.24) is 14.5 Å². The average molecular weight is 400 g/mol. The summed E-state index contributed by atoms with van der Waals surface area (Å²) >= 11 is 3.25. The Morgan fingerprint density at radius 1 is 1.19 bits per heavy atom. The molecule has 2 aromatic heterocycles. The van der Waals surface area contributed by atoms with Gasteiger partial charge in [0.1, 0.15) is 10.0 Å². The molecule has 0 radical (unpaired) electrons. The van der Waals surface area contributed by atoms with E-state index in [2.05, 4.69) is 22.5 Å². The molecule has 0 spiro atoms. The van der Waals surface area contributed by atoms with Crippen LogP contribution in [-0.4, -0.2) is 26.2 Å². The van der Waals surface area contributed by atoms with Gasteiger partial charge in [-0.3, -0.25) is 4.57 Å². The van der Waals surface area contributed by atoms with Gasteiger partial charge in [0.15, 0.2) is 0 Å². The van der Waals surface area contributed by atoms with E-state index in [1.165, 1.54) is 5.56 Å². The number of hydrogen-bond donors (Lipinski definition) is 1. The van der Waals surface area contributed by atoms with Crippen molar-refractivity contribution in [2.75, 3.05) is 6.61 Å². The van der Waals surface area contributed by atoms with E-state index in [1.54, 1.807) is 27.7 Å². The maximum atomic E-state index is 12.4. The second-order valence-corrected chi connectivity index (χ2v) is 8.33. The molecular weight excluding hydrogens is 378 g/mol. The van der Waals surface area contributed by atoms with Crippen LogP contribution in [0.4, 0.5) is 0 Å². The highest BCUT2D eigenvalue weighted by atomic mass is 32.2. The molecule has 27 heavy (non-hydrogen) atoms. The fourth-order valence-electron chi connectivity index (χ4n) is 3.39. The predicted molar refractivity (Wildman–Crippen MR) is 109 cm³/mol. The van der Waals surface area contributed by atoms with Crippen LogP contribution in [0.1, 0.15) is 29.8 Å². The summed E-state index contributed by atoms with van der Waals surface area (Å²) in [5.74, 6) is 0.711. The van der Waals surface area contributed by atoms with Gasteiger partial charge in [0.25, 0.3) is 0 Å². The first-order valence-corrected chi connectivity index (χ1v) is 11.0. The van der Waals surface area contributed by atoms with Gasteiger partial charge in [-0.1, -0.05) is 42.1 Å². The van der Waals surface area contributed by atoms with Gasteiger partial charge in [0.2, 0.25) is 0 Å². The van der Waals surface area contributed by atoms with Crippen LogP contribution >= 0.6 is 23.1 Å². The molecule has 1 aliphatic rings. The third-order valence-electron chi connectivity index (χ3n) is 4.67. The fraction of sp³-hybridized carbons (Fsp3) is 0.350. The predicted octanol–water partition coefficient (Wildman–Crippen LogP) is 3.53. The molecule has 7 heteroatoms. The first-order chi connectivity index (χ1) is 13.3. The third kappa shape index (κ3) is 4.00. The lowest BCUT2D eigenvalue weighted by atomic mass is 10.2. The van der Waals surface area contributed by atoms with Crippen molar-refractivity contribution in [2.24, 2.45) is 0 Å². The van der Waals surface area contributed by atoms with Crippen molar-refractivity contribution in [3.05, 3.63) is 63.1 Å². The lowest BCUT2D eigenvalue weighted by Gasteiger charge is -2.13. The molecule has 0 bridgehead atoms. The molecule has 0 saturated heterocycles. The smallest absolute Gasteiger partial charge is 0.348 e. The first-order valence-electron chi connectivity index (χ1n) is 9.12. The van der Waals surface area contributed by atoms with Gasteiger partial charge in [0.05, 0.1) is 5.69 Å². The minimum atomic E-state index is -0.199. The Labute approximate surface area is 166 Å². The van der Waals surface area contributed by atoms with Gasteiger partial charge in [-0.2, -0.15) is 4.98 Å². The van der Waals surface area contributed by atoms with E-state index in [0.29, 0.717) is 18.7 Å². The lowest BCUT2D eigenvalue weighted by Crippen LogP contribution is -2.27. The van der Waals surface area contributed by atoms with Crippen LogP contribution in [0.15, 0.2) is 45.5 Å². The van der Waals surface area contributed by atoms with E-state index < -0.39 is 0 Å². The number of rotatable bonds is 7. The second kappa shape index (κ2) is 8.37. The highest BCUT2D eigenvalue weighted by Crippen LogP contribution is 2.32. The number of benzene rings is 1. The van der Waals surface area contributed by atoms with E-state index >= 15 is 0 Å². The molecule has 5 nitrogen and oxygen atoms in total. The summed E-state index contributed by atoms with van der Waals surface area (Å²) in [7, 11) is 0. The minimum Gasteiger partial charge on any atom is -0.396 e.